The van der Waals surface area contributed by atoms with E-state index in [1.807, 2.05) is 18.2 Å². The Bertz CT molecular complexity index is 551. The fraction of sp³-hybridized carbons (Fsp3) is 0.231. The Hall–Kier alpha value is -1.70. The third-order valence-electron chi connectivity index (χ3n) is 2.96. The number of benzene rings is 1. The van der Waals surface area contributed by atoms with E-state index in [-0.39, 0.29) is 0 Å². The van der Waals surface area contributed by atoms with Crippen molar-refractivity contribution in [1.29, 1.82) is 0 Å². The van der Waals surface area contributed by atoms with Crippen LogP contribution in [-0.2, 0) is 6.42 Å². The minimum atomic E-state index is 0.555. The minimum absolute atomic E-state index is 0.555. The van der Waals surface area contributed by atoms with Gasteiger partial charge in [-0.1, -0.05) is 25.1 Å². The van der Waals surface area contributed by atoms with Gasteiger partial charge in [0.1, 0.15) is 11.3 Å². The Morgan fingerprint density at radius 3 is 3.13 bits per heavy atom. The molecule has 2 nitrogen and oxygen atoms in total. The lowest BCUT2D eigenvalue weighted by atomic mass is 9.95. The van der Waals surface area contributed by atoms with Crippen molar-refractivity contribution in [2.24, 2.45) is 5.92 Å². The van der Waals surface area contributed by atoms with Gasteiger partial charge >= 0.3 is 0 Å². The van der Waals surface area contributed by atoms with E-state index in [1.165, 1.54) is 5.56 Å². The zero-order valence-corrected chi connectivity index (χ0v) is 8.66. The molecule has 0 radical (unpaired) electrons. The van der Waals surface area contributed by atoms with Crippen molar-refractivity contribution >= 4 is 22.7 Å². The molecule has 1 unspecified atom stereocenters. The highest BCUT2D eigenvalue weighted by Gasteiger charge is 2.18. The van der Waals surface area contributed by atoms with Gasteiger partial charge in [-0.15, -0.1) is 0 Å². The van der Waals surface area contributed by atoms with Crippen LogP contribution < -0.4 is 5.73 Å². The highest BCUT2D eigenvalue weighted by molar-refractivity contribution is 5.97. The molecule has 3 rings (SSSR count). The minimum Gasteiger partial charge on any atom is -0.460 e. The van der Waals surface area contributed by atoms with Crippen LogP contribution in [0.4, 0.5) is 5.69 Å². The molecule has 1 heterocycles. The van der Waals surface area contributed by atoms with Gasteiger partial charge in [0.2, 0.25) is 0 Å². The summed E-state index contributed by atoms with van der Waals surface area (Å²) in [7, 11) is 0. The molecule has 2 N–H and O–H groups in total. The second-order valence-electron chi connectivity index (χ2n) is 4.20. The van der Waals surface area contributed by atoms with Gasteiger partial charge in [0.15, 0.2) is 0 Å². The Balaban J connectivity index is 2.36. The molecular weight excluding hydrogens is 186 g/mol. The molecule has 1 aliphatic carbocycles. The van der Waals surface area contributed by atoms with Crippen molar-refractivity contribution in [2.45, 2.75) is 13.3 Å². The summed E-state index contributed by atoms with van der Waals surface area (Å²) in [5.41, 5.74) is 8.84. The van der Waals surface area contributed by atoms with Crippen LogP contribution in [0.3, 0.4) is 0 Å². The van der Waals surface area contributed by atoms with E-state index in [9.17, 15) is 0 Å². The van der Waals surface area contributed by atoms with Crippen LogP contribution >= 0.6 is 0 Å². The summed E-state index contributed by atoms with van der Waals surface area (Å²) in [6.45, 7) is 2.19. The molecule has 0 fully saturated rings. The van der Waals surface area contributed by atoms with Crippen LogP contribution in [0.5, 0.6) is 0 Å². The first-order valence-electron chi connectivity index (χ1n) is 5.24. The second-order valence-corrected chi connectivity index (χ2v) is 4.20. The highest BCUT2D eigenvalue weighted by atomic mass is 16.3. The molecule has 1 aromatic heterocycles. The van der Waals surface area contributed by atoms with Crippen molar-refractivity contribution in [1.82, 2.24) is 0 Å². The van der Waals surface area contributed by atoms with Crippen LogP contribution in [0.2, 0.25) is 0 Å². The number of hydrogen-bond donors (Lipinski definition) is 1. The van der Waals surface area contributed by atoms with Crippen molar-refractivity contribution in [3.63, 3.8) is 0 Å². The van der Waals surface area contributed by atoms with Gasteiger partial charge in [0.05, 0.1) is 5.39 Å². The number of anilines is 1. The SMILES string of the molecule is CC1C=Cc2c(oc3cccc(N)c23)C1. The van der Waals surface area contributed by atoms with Gasteiger partial charge in [-0.05, 0) is 18.1 Å². The maximum atomic E-state index is 5.97. The molecule has 1 aliphatic rings. The topological polar surface area (TPSA) is 39.2 Å². The molecule has 0 aliphatic heterocycles. The Morgan fingerprint density at radius 2 is 2.27 bits per heavy atom. The van der Waals surface area contributed by atoms with Gasteiger partial charge in [-0.2, -0.15) is 0 Å². The molecule has 2 heteroatoms. The third-order valence-corrected chi connectivity index (χ3v) is 2.96. The van der Waals surface area contributed by atoms with E-state index in [2.05, 4.69) is 19.1 Å². The van der Waals surface area contributed by atoms with E-state index < -0.39 is 0 Å². The number of nitrogens with two attached hydrogens (primary N) is 1. The molecule has 76 valence electrons. The van der Waals surface area contributed by atoms with Crippen molar-refractivity contribution < 1.29 is 4.42 Å². The number of rotatable bonds is 0. The van der Waals surface area contributed by atoms with Crippen LogP contribution in [-0.4, -0.2) is 0 Å². The van der Waals surface area contributed by atoms with Gasteiger partial charge in [0.25, 0.3) is 0 Å². The van der Waals surface area contributed by atoms with Crippen LogP contribution in [0, 0.1) is 5.92 Å². The monoisotopic (exact) mass is 199 g/mol. The van der Waals surface area contributed by atoms with Gasteiger partial charge in [-0.25, -0.2) is 0 Å². The maximum Gasteiger partial charge on any atom is 0.136 e. The van der Waals surface area contributed by atoms with Gasteiger partial charge in [0, 0.05) is 17.7 Å². The Kier molecular flexibility index (Phi) is 1.66. The predicted molar refractivity (Wildman–Crippen MR) is 62.5 cm³/mol. The predicted octanol–water partition coefficient (Wildman–Crippen LogP) is 3.22. The fourth-order valence-corrected chi connectivity index (χ4v) is 2.20. The molecular formula is C13H13NO. The quantitative estimate of drug-likeness (QED) is 0.661. The zero-order valence-electron chi connectivity index (χ0n) is 8.66. The van der Waals surface area contributed by atoms with Crippen LogP contribution in [0.25, 0.3) is 17.0 Å². The van der Waals surface area contributed by atoms with E-state index in [0.717, 1.165) is 28.8 Å². The lowest BCUT2D eigenvalue weighted by molar-refractivity contribution is 0.513. The molecule has 0 amide bonds. The van der Waals surface area contributed by atoms with Gasteiger partial charge < -0.3 is 10.2 Å². The summed E-state index contributed by atoms with van der Waals surface area (Å²) >= 11 is 0. The van der Waals surface area contributed by atoms with E-state index >= 15 is 0 Å². The molecule has 1 aromatic carbocycles. The Labute approximate surface area is 88.4 Å². The summed E-state index contributed by atoms with van der Waals surface area (Å²) in [5, 5.41) is 1.07. The first-order valence-corrected chi connectivity index (χ1v) is 5.24. The second kappa shape index (κ2) is 2.89. The lowest BCUT2D eigenvalue weighted by Crippen LogP contribution is -2.00. The summed E-state index contributed by atoms with van der Waals surface area (Å²) < 4.78 is 5.81. The Morgan fingerprint density at radius 1 is 1.40 bits per heavy atom. The standard InChI is InChI=1S/C13H13NO/c1-8-5-6-9-12(7-8)15-11-4-2-3-10(14)13(9)11/h2-6,8H,7,14H2,1H3. The van der Waals surface area contributed by atoms with Crippen LogP contribution in [0.1, 0.15) is 18.2 Å². The normalized spacial score (nSPS) is 19.4. The average molecular weight is 199 g/mol. The number of nitrogen functional groups attached to an aromatic ring is 1. The largest absolute Gasteiger partial charge is 0.460 e. The fourth-order valence-electron chi connectivity index (χ4n) is 2.20. The van der Waals surface area contributed by atoms with Gasteiger partial charge in [-0.3, -0.25) is 0 Å². The maximum absolute atomic E-state index is 5.97. The van der Waals surface area contributed by atoms with E-state index in [4.69, 9.17) is 10.2 Å². The smallest absolute Gasteiger partial charge is 0.136 e. The highest BCUT2D eigenvalue weighted by Crippen LogP contribution is 2.35. The summed E-state index contributed by atoms with van der Waals surface area (Å²) in [5.74, 6) is 1.62. The first kappa shape index (κ1) is 8.60. The first-order chi connectivity index (χ1) is 7.25. The molecule has 1 atom stereocenters. The molecule has 0 saturated heterocycles. The van der Waals surface area contributed by atoms with Crippen molar-refractivity contribution in [2.75, 3.05) is 5.73 Å². The van der Waals surface area contributed by atoms with Crippen molar-refractivity contribution in [3.8, 4) is 0 Å². The molecule has 15 heavy (non-hydrogen) atoms. The molecule has 2 aromatic rings. The number of hydrogen-bond acceptors (Lipinski definition) is 2. The zero-order chi connectivity index (χ0) is 10.4. The van der Waals surface area contributed by atoms with E-state index in [1.54, 1.807) is 0 Å². The molecule has 0 saturated carbocycles. The number of allylic oxidation sites excluding steroid dienone is 1. The number of furan rings is 1. The van der Waals surface area contributed by atoms with E-state index in [0.29, 0.717) is 5.92 Å². The summed E-state index contributed by atoms with van der Waals surface area (Å²) in [4.78, 5) is 0. The number of fused-ring (bicyclic) bond motifs is 3. The van der Waals surface area contributed by atoms with Crippen molar-refractivity contribution in [3.05, 3.63) is 35.6 Å². The molecule has 0 bridgehead atoms. The lowest BCUT2D eigenvalue weighted by Gasteiger charge is -2.09. The molecule has 0 spiro atoms. The van der Waals surface area contributed by atoms with Crippen LogP contribution in [0.15, 0.2) is 28.7 Å². The average Bonchev–Trinajstić information content (AvgIpc) is 2.56. The summed E-state index contributed by atoms with van der Waals surface area (Å²) in [6.07, 6.45) is 5.31. The summed E-state index contributed by atoms with van der Waals surface area (Å²) in [6, 6.07) is 5.83. The third kappa shape index (κ3) is 1.18.